The monoisotopic (exact) mass is 560 g/mol. The smallest absolute Gasteiger partial charge is 0.337 e. The van der Waals surface area contributed by atoms with Gasteiger partial charge < -0.3 is 14.7 Å². The molecule has 3 heterocycles. The zero-order valence-corrected chi connectivity index (χ0v) is 23.5. The second kappa shape index (κ2) is 11.0. The minimum absolute atomic E-state index is 0.0970. The molecule has 1 fully saturated rings. The first-order chi connectivity index (χ1) is 19.9. The van der Waals surface area contributed by atoms with Crippen LogP contribution in [-0.2, 0) is 11.2 Å². The number of H-pyrrole nitrogens is 1. The summed E-state index contributed by atoms with van der Waals surface area (Å²) in [5.41, 5.74) is 6.42. The Bertz CT molecular complexity index is 1850. The van der Waals surface area contributed by atoms with Crippen molar-refractivity contribution in [1.82, 2.24) is 14.5 Å². The van der Waals surface area contributed by atoms with Crippen LogP contribution in [0.25, 0.3) is 22.7 Å². The van der Waals surface area contributed by atoms with Crippen molar-refractivity contribution < 1.29 is 14.7 Å². The number of thioether (sulfide) groups is 1. The maximum Gasteiger partial charge on any atom is 0.337 e. The number of para-hydroxylation sites is 3. The lowest BCUT2D eigenvalue weighted by Crippen LogP contribution is -2.31. The van der Waals surface area contributed by atoms with Crippen LogP contribution in [0.4, 0.5) is 5.69 Å². The summed E-state index contributed by atoms with van der Waals surface area (Å²) < 4.78 is 1.92. The molecule has 0 saturated carbocycles. The maximum atomic E-state index is 13.8. The zero-order chi connectivity index (χ0) is 28.5. The van der Waals surface area contributed by atoms with Gasteiger partial charge in [0.25, 0.3) is 5.91 Å². The highest BCUT2D eigenvalue weighted by Crippen LogP contribution is 2.36. The van der Waals surface area contributed by atoms with Crippen molar-refractivity contribution in [2.75, 3.05) is 6.54 Å². The van der Waals surface area contributed by atoms with E-state index in [9.17, 15) is 14.7 Å². The number of rotatable bonds is 7. The molecule has 41 heavy (non-hydrogen) atoms. The fourth-order valence-electron chi connectivity index (χ4n) is 5.27. The van der Waals surface area contributed by atoms with Crippen LogP contribution in [0.2, 0.25) is 0 Å². The number of carbonyl (C=O) groups is 2. The molecule has 0 radical (unpaired) electrons. The average Bonchev–Trinajstić information content (AvgIpc) is 3.61. The molecule has 0 unspecified atom stereocenters. The molecule has 0 aliphatic carbocycles. The molecule has 1 saturated heterocycles. The van der Waals surface area contributed by atoms with Crippen molar-refractivity contribution >= 4 is 51.5 Å². The summed E-state index contributed by atoms with van der Waals surface area (Å²) in [5.74, 6) is -1.08. The number of amides is 1. The van der Waals surface area contributed by atoms with Crippen molar-refractivity contribution in [3.05, 3.63) is 124 Å². The molecule has 5 aromatic rings. The molecule has 0 bridgehead atoms. The van der Waals surface area contributed by atoms with Gasteiger partial charge in [0.05, 0.1) is 21.8 Å². The topological polar surface area (TPSA) is 90.7 Å². The van der Waals surface area contributed by atoms with Crippen LogP contribution in [-0.4, -0.2) is 43.1 Å². The minimum atomic E-state index is -0.984. The van der Waals surface area contributed by atoms with Crippen LogP contribution in [0.1, 0.15) is 32.9 Å². The number of carbonyl (C=O) groups excluding carboxylic acids is 1. The first-order valence-electron chi connectivity index (χ1n) is 13.3. The number of aromatic nitrogens is 2. The number of nitrogens with one attached hydrogen (secondary N) is 1. The van der Waals surface area contributed by atoms with E-state index >= 15 is 0 Å². The molecule has 6 rings (SSSR count). The van der Waals surface area contributed by atoms with Gasteiger partial charge in [-0.3, -0.25) is 9.69 Å². The fraction of sp³-hybridized carbons (Fsp3) is 0.121. The van der Waals surface area contributed by atoms with Crippen molar-refractivity contribution in [1.29, 1.82) is 0 Å². The number of aromatic carboxylic acids is 1. The molecule has 1 aliphatic heterocycles. The van der Waals surface area contributed by atoms with E-state index in [0.717, 1.165) is 39.1 Å². The first-order valence-corrected chi connectivity index (χ1v) is 14.1. The number of benzene rings is 3. The number of aromatic amines is 1. The number of nitrogens with zero attached hydrogens (tertiary/aromatic N) is 3. The molecule has 3 aromatic carbocycles. The molecule has 7 nitrogen and oxygen atoms in total. The standard InChI is InChI=1S/C33H28N4O3S/c1-21-18-24(22(2)37(21)29-15-9-7-13-27(29)32(39)40)19-30-31(38)36(33(41-30)35-25-10-4-3-5-11-25)17-16-23-20-34-28-14-8-6-12-26(23)28/h3-15,18-20,34H,16-17H2,1-2H3,(H,39,40)/b30-19-,35-33?. The van der Waals surface area contributed by atoms with Gasteiger partial charge in [-0.2, -0.15) is 0 Å². The van der Waals surface area contributed by atoms with E-state index in [2.05, 4.69) is 11.1 Å². The van der Waals surface area contributed by atoms with Gasteiger partial charge in [0, 0.05) is 35.0 Å². The molecule has 0 spiro atoms. The minimum Gasteiger partial charge on any atom is -0.478 e. The lowest BCUT2D eigenvalue weighted by molar-refractivity contribution is -0.122. The highest BCUT2D eigenvalue weighted by molar-refractivity contribution is 8.18. The summed E-state index contributed by atoms with van der Waals surface area (Å²) in [6, 6.07) is 26.7. The van der Waals surface area contributed by atoms with Crippen LogP contribution in [0.3, 0.4) is 0 Å². The van der Waals surface area contributed by atoms with Crippen LogP contribution in [0, 0.1) is 13.8 Å². The number of hydrogen-bond donors (Lipinski definition) is 2. The summed E-state index contributed by atoms with van der Waals surface area (Å²) >= 11 is 1.36. The molecule has 8 heteroatoms. The third-order valence-electron chi connectivity index (χ3n) is 7.28. The average molecular weight is 561 g/mol. The number of carboxylic acids is 1. The second-order valence-corrected chi connectivity index (χ2v) is 10.9. The highest BCUT2D eigenvalue weighted by Gasteiger charge is 2.33. The van der Waals surface area contributed by atoms with Gasteiger partial charge in [-0.05, 0) is 85.6 Å². The Morgan fingerprint density at radius 1 is 1.00 bits per heavy atom. The SMILES string of the molecule is Cc1cc(/C=C2\SC(=Nc3ccccc3)N(CCc3c[nH]c4ccccc34)C2=O)c(C)n1-c1ccccc1C(=O)O. The van der Waals surface area contributed by atoms with Gasteiger partial charge in [-0.25, -0.2) is 9.79 Å². The molecular weight excluding hydrogens is 532 g/mol. The maximum absolute atomic E-state index is 13.8. The lowest BCUT2D eigenvalue weighted by atomic mass is 10.1. The number of hydrogen-bond acceptors (Lipinski definition) is 4. The van der Waals surface area contributed by atoms with Crippen molar-refractivity contribution in [2.45, 2.75) is 20.3 Å². The third-order valence-corrected chi connectivity index (χ3v) is 8.29. The Morgan fingerprint density at radius 3 is 2.54 bits per heavy atom. The Labute approximate surface area is 241 Å². The van der Waals surface area contributed by atoms with Crippen LogP contribution >= 0.6 is 11.8 Å². The summed E-state index contributed by atoms with van der Waals surface area (Å²) in [5, 5.41) is 11.5. The second-order valence-electron chi connectivity index (χ2n) is 9.89. The Balaban J connectivity index is 1.35. The molecule has 204 valence electrons. The highest BCUT2D eigenvalue weighted by atomic mass is 32.2. The van der Waals surface area contributed by atoms with Crippen molar-refractivity contribution in [3.63, 3.8) is 0 Å². The summed E-state index contributed by atoms with van der Waals surface area (Å²) in [6.45, 7) is 4.37. The summed E-state index contributed by atoms with van der Waals surface area (Å²) in [4.78, 5) is 36.2. The van der Waals surface area contributed by atoms with Crippen LogP contribution < -0.4 is 0 Å². The van der Waals surface area contributed by atoms with E-state index in [1.165, 1.54) is 11.8 Å². The number of fused-ring (bicyclic) bond motifs is 1. The zero-order valence-electron chi connectivity index (χ0n) is 22.7. The molecule has 2 N–H and O–H groups in total. The van der Waals surface area contributed by atoms with E-state index in [4.69, 9.17) is 4.99 Å². The number of aliphatic imine (C=N–C) groups is 1. The third kappa shape index (κ3) is 5.10. The molecule has 1 aliphatic rings. The Hall–Kier alpha value is -4.82. The lowest BCUT2D eigenvalue weighted by Gasteiger charge is -2.15. The number of carboxylic acid groups (broad SMARTS) is 1. The van der Waals surface area contributed by atoms with Crippen LogP contribution in [0.5, 0.6) is 0 Å². The summed E-state index contributed by atoms with van der Waals surface area (Å²) in [7, 11) is 0. The van der Waals surface area contributed by atoms with E-state index < -0.39 is 5.97 Å². The molecular formula is C33H28N4O3S. The van der Waals surface area contributed by atoms with Gasteiger partial charge in [0.1, 0.15) is 0 Å². The number of aryl methyl sites for hydroxylation is 1. The van der Waals surface area contributed by atoms with Gasteiger partial charge in [-0.15, -0.1) is 0 Å². The van der Waals surface area contributed by atoms with Crippen LogP contribution in [0.15, 0.2) is 101 Å². The molecule has 1 amide bonds. The summed E-state index contributed by atoms with van der Waals surface area (Å²) in [6.07, 6.45) is 4.58. The van der Waals surface area contributed by atoms with E-state index in [-0.39, 0.29) is 11.5 Å². The van der Waals surface area contributed by atoms with Gasteiger partial charge in [0.2, 0.25) is 0 Å². The van der Waals surface area contributed by atoms with Crippen molar-refractivity contribution in [3.8, 4) is 5.69 Å². The Kier molecular flexibility index (Phi) is 7.07. The normalized spacial score (nSPS) is 15.5. The first kappa shape index (κ1) is 26.4. The van der Waals surface area contributed by atoms with Crippen molar-refractivity contribution in [2.24, 2.45) is 4.99 Å². The predicted molar refractivity (Wildman–Crippen MR) is 165 cm³/mol. The quantitative estimate of drug-likeness (QED) is 0.207. The molecule has 0 atom stereocenters. The molecule has 2 aromatic heterocycles. The van der Waals surface area contributed by atoms with E-state index in [1.54, 1.807) is 23.1 Å². The van der Waals surface area contributed by atoms with Gasteiger partial charge in [0.15, 0.2) is 5.17 Å². The van der Waals surface area contributed by atoms with Gasteiger partial charge in [-0.1, -0.05) is 48.5 Å². The van der Waals surface area contributed by atoms with E-state index in [1.807, 2.05) is 91.4 Å². The van der Waals surface area contributed by atoms with Gasteiger partial charge >= 0.3 is 5.97 Å². The Morgan fingerprint density at radius 2 is 1.73 bits per heavy atom. The van der Waals surface area contributed by atoms with E-state index in [0.29, 0.717) is 28.7 Å². The number of amidine groups is 1. The largest absolute Gasteiger partial charge is 0.478 e. The predicted octanol–water partition coefficient (Wildman–Crippen LogP) is 7.12. The fourth-order valence-corrected chi connectivity index (χ4v) is 6.28.